The zero-order valence-corrected chi connectivity index (χ0v) is 18.3. The summed E-state index contributed by atoms with van der Waals surface area (Å²) in [5.74, 6) is -0.859. The van der Waals surface area contributed by atoms with Crippen LogP contribution in [0.25, 0.3) is 15.8 Å². The van der Waals surface area contributed by atoms with Crippen molar-refractivity contribution in [1.29, 1.82) is 0 Å². The molecule has 4 rings (SSSR count). The van der Waals surface area contributed by atoms with Crippen molar-refractivity contribution in [2.24, 2.45) is 0 Å². The molecule has 3 nitrogen and oxygen atoms in total. The molecule has 0 saturated heterocycles. The van der Waals surface area contributed by atoms with Gasteiger partial charge >= 0.3 is 12.1 Å². The molecular formula is C25H22F3NO2S. The molecule has 0 bridgehead atoms. The van der Waals surface area contributed by atoms with E-state index >= 15 is 0 Å². The molecule has 0 amide bonds. The van der Waals surface area contributed by atoms with Crippen LogP contribution in [0.1, 0.15) is 36.5 Å². The first-order valence-electron chi connectivity index (χ1n) is 10.2. The summed E-state index contributed by atoms with van der Waals surface area (Å²) in [5.41, 5.74) is 3.18. The van der Waals surface area contributed by atoms with Crippen LogP contribution in [0, 0.1) is 0 Å². The van der Waals surface area contributed by atoms with Gasteiger partial charge < -0.3 is 9.67 Å². The Morgan fingerprint density at radius 3 is 2.56 bits per heavy atom. The summed E-state index contributed by atoms with van der Waals surface area (Å²) < 4.78 is 40.8. The van der Waals surface area contributed by atoms with Crippen molar-refractivity contribution in [3.63, 3.8) is 0 Å². The van der Waals surface area contributed by atoms with Crippen LogP contribution < -0.4 is 0 Å². The predicted octanol–water partition coefficient (Wildman–Crippen LogP) is 7.13. The average molecular weight is 458 g/mol. The number of hydrogen-bond acceptors (Lipinski definition) is 2. The molecule has 2 aromatic carbocycles. The third kappa shape index (κ3) is 4.93. The van der Waals surface area contributed by atoms with E-state index in [0.717, 1.165) is 51.9 Å². The Bertz CT molecular complexity index is 1220. The second kappa shape index (κ2) is 8.90. The van der Waals surface area contributed by atoms with E-state index in [-0.39, 0.29) is 6.42 Å². The number of halogens is 3. The molecule has 0 saturated carbocycles. The van der Waals surface area contributed by atoms with E-state index in [1.165, 1.54) is 22.6 Å². The molecule has 166 valence electrons. The van der Waals surface area contributed by atoms with Crippen LogP contribution in [-0.4, -0.2) is 15.6 Å². The van der Waals surface area contributed by atoms with Gasteiger partial charge in [-0.2, -0.15) is 13.2 Å². The molecule has 1 N–H and O–H groups in total. The third-order valence-corrected chi connectivity index (χ3v) is 6.91. The van der Waals surface area contributed by atoms with Gasteiger partial charge in [0.05, 0.1) is 18.5 Å². The second-order valence-electron chi connectivity index (χ2n) is 7.90. The van der Waals surface area contributed by atoms with Gasteiger partial charge in [0.2, 0.25) is 0 Å². The van der Waals surface area contributed by atoms with Crippen LogP contribution in [0.4, 0.5) is 13.2 Å². The number of aliphatic carboxylic acids is 1. The molecule has 3 aromatic rings. The SMILES string of the molecule is CC1=C(Cn2ccc3cc(CC(=O)O)ccc32)SC(c2ccc(C(F)(F)F)cc2)=CCC1. The highest BCUT2D eigenvalue weighted by molar-refractivity contribution is 8.11. The van der Waals surface area contributed by atoms with Gasteiger partial charge in [-0.3, -0.25) is 4.79 Å². The van der Waals surface area contributed by atoms with Crippen molar-refractivity contribution in [3.8, 4) is 0 Å². The number of nitrogens with zero attached hydrogens (tertiary/aromatic N) is 1. The maximum absolute atomic E-state index is 12.9. The largest absolute Gasteiger partial charge is 0.481 e. The van der Waals surface area contributed by atoms with E-state index in [9.17, 15) is 18.0 Å². The van der Waals surface area contributed by atoms with E-state index < -0.39 is 17.7 Å². The van der Waals surface area contributed by atoms with E-state index in [4.69, 9.17) is 5.11 Å². The number of fused-ring (bicyclic) bond motifs is 1. The van der Waals surface area contributed by atoms with Crippen molar-refractivity contribution in [2.45, 2.75) is 38.9 Å². The number of rotatable bonds is 5. The van der Waals surface area contributed by atoms with Gasteiger partial charge in [0, 0.05) is 21.5 Å². The number of thioether (sulfide) groups is 1. The summed E-state index contributed by atoms with van der Waals surface area (Å²) in [5, 5.41) is 10.0. The van der Waals surface area contributed by atoms with Crippen molar-refractivity contribution >= 4 is 33.5 Å². The highest BCUT2D eigenvalue weighted by Gasteiger charge is 2.30. The van der Waals surface area contributed by atoms with Gasteiger partial charge in [0.25, 0.3) is 0 Å². The van der Waals surface area contributed by atoms with Gasteiger partial charge in [-0.25, -0.2) is 0 Å². The quantitative estimate of drug-likeness (QED) is 0.443. The fraction of sp³-hybridized carbons (Fsp3) is 0.240. The number of alkyl halides is 3. The minimum atomic E-state index is -4.34. The summed E-state index contributed by atoms with van der Waals surface area (Å²) in [7, 11) is 0. The normalized spacial score (nSPS) is 15.1. The van der Waals surface area contributed by atoms with Crippen molar-refractivity contribution in [3.05, 3.63) is 88.0 Å². The Kier molecular flexibility index (Phi) is 6.20. The Morgan fingerprint density at radius 1 is 1.12 bits per heavy atom. The molecule has 0 spiro atoms. The van der Waals surface area contributed by atoms with E-state index in [2.05, 4.69) is 17.6 Å². The number of benzene rings is 2. The lowest BCUT2D eigenvalue weighted by Gasteiger charge is -2.14. The topological polar surface area (TPSA) is 42.2 Å². The van der Waals surface area contributed by atoms with Gasteiger partial charge in [-0.15, -0.1) is 0 Å². The van der Waals surface area contributed by atoms with Gasteiger partial charge in [0.15, 0.2) is 0 Å². The summed E-state index contributed by atoms with van der Waals surface area (Å²) in [6, 6.07) is 13.0. The Labute approximate surface area is 188 Å². The Balaban J connectivity index is 1.57. The number of hydrogen-bond donors (Lipinski definition) is 1. The molecule has 32 heavy (non-hydrogen) atoms. The van der Waals surface area contributed by atoms with Crippen LogP contribution in [-0.2, 0) is 23.9 Å². The van der Waals surface area contributed by atoms with E-state index in [0.29, 0.717) is 6.54 Å². The number of allylic oxidation sites excluding steroid dienone is 3. The summed E-state index contributed by atoms with van der Waals surface area (Å²) >= 11 is 1.61. The second-order valence-corrected chi connectivity index (χ2v) is 9.03. The molecule has 0 unspecified atom stereocenters. The van der Waals surface area contributed by atoms with Crippen molar-refractivity contribution in [2.75, 3.05) is 0 Å². The summed E-state index contributed by atoms with van der Waals surface area (Å²) in [6.45, 7) is 2.75. The summed E-state index contributed by atoms with van der Waals surface area (Å²) in [6.07, 6.45) is 1.46. The molecule has 7 heteroatoms. The Hall–Kier alpha value is -2.93. The van der Waals surface area contributed by atoms with Crippen molar-refractivity contribution < 1.29 is 23.1 Å². The molecule has 0 radical (unpaired) electrons. The average Bonchev–Trinajstić information content (AvgIpc) is 3.03. The predicted molar refractivity (Wildman–Crippen MR) is 122 cm³/mol. The van der Waals surface area contributed by atoms with E-state index in [1.807, 2.05) is 30.5 Å². The molecule has 2 heterocycles. The zero-order valence-electron chi connectivity index (χ0n) is 17.4. The molecular weight excluding hydrogens is 435 g/mol. The maximum atomic E-state index is 12.9. The number of aromatic nitrogens is 1. The lowest BCUT2D eigenvalue weighted by molar-refractivity contribution is -0.138. The fourth-order valence-electron chi connectivity index (χ4n) is 3.81. The zero-order chi connectivity index (χ0) is 22.9. The van der Waals surface area contributed by atoms with Crippen LogP contribution in [0.5, 0.6) is 0 Å². The number of carboxylic acid groups (broad SMARTS) is 1. The fourth-order valence-corrected chi connectivity index (χ4v) is 5.02. The van der Waals surface area contributed by atoms with Crippen LogP contribution in [0.2, 0.25) is 0 Å². The first kappa shape index (κ1) is 22.3. The molecule has 1 aliphatic heterocycles. The monoisotopic (exact) mass is 457 g/mol. The molecule has 1 aliphatic rings. The first-order chi connectivity index (χ1) is 15.2. The number of carboxylic acids is 1. The minimum Gasteiger partial charge on any atom is -0.481 e. The standard InChI is InChI=1S/C25H22F3NO2S/c1-16-3-2-4-22(18-6-8-20(9-7-18)25(26,27)28)32-23(16)15-29-12-11-19-13-17(14-24(30)31)5-10-21(19)29/h4-13H,2-3,14-15H2,1H3,(H,30,31). The maximum Gasteiger partial charge on any atom is 0.416 e. The molecule has 1 aromatic heterocycles. The van der Waals surface area contributed by atoms with Crippen LogP contribution >= 0.6 is 11.8 Å². The van der Waals surface area contributed by atoms with Gasteiger partial charge in [-0.05, 0) is 66.6 Å². The third-order valence-electron chi connectivity index (χ3n) is 5.56. The summed E-state index contributed by atoms with van der Waals surface area (Å²) in [4.78, 5) is 13.1. The van der Waals surface area contributed by atoms with Crippen LogP contribution in [0.3, 0.4) is 0 Å². The van der Waals surface area contributed by atoms with Gasteiger partial charge in [0.1, 0.15) is 0 Å². The highest BCUT2D eigenvalue weighted by Crippen LogP contribution is 2.41. The lowest BCUT2D eigenvalue weighted by Crippen LogP contribution is -2.04. The molecule has 0 aliphatic carbocycles. The molecule has 0 atom stereocenters. The van der Waals surface area contributed by atoms with Gasteiger partial charge in [-0.1, -0.05) is 41.6 Å². The lowest BCUT2D eigenvalue weighted by atomic mass is 10.1. The minimum absolute atomic E-state index is 0.0114. The van der Waals surface area contributed by atoms with Crippen molar-refractivity contribution in [1.82, 2.24) is 4.57 Å². The van der Waals surface area contributed by atoms with Crippen LogP contribution in [0.15, 0.2) is 71.3 Å². The highest BCUT2D eigenvalue weighted by atomic mass is 32.2. The number of carbonyl (C=O) groups is 1. The first-order valence-corrected chi connectivity index (χ1v) is 11.1. The van der Waals surface area contributed by atoms with E-state index in [1.54, 1.807) is 11.8 Å². The Morgan fingerprint density at radius 2 is 1.88 bits per heavy atom. The smallest absolute Gasteiger partial charge is 0.416 e. The molecule has 0 fully saturated rings.